The predicted molar refractivity (Wildman–Crippen MR) is 88.0 cm³/mol. The summed E-state index contributed by atoms with van der Waals surface area (Å²) in [6, 6.07) is 6.13. The molecule has 0 aliphatic carbocycles. The summed E-state index contributed by atoms with van der Waals surface area (Å²) in [7, 11) is 0. The fourth-order valence-corrected chi connectivity index (χ4v) is 3.40. The Morgan fingerprint density at radius 1 is 1.29 bits per heavy atom. The van der Waals surface area contributed by atoms with Gasteiger partial charge < -0.3 is 9.15 Å². The molecule has 1 saturated heterocycles. The van der Waals surface area contributed by atoms with E-state index in [1.807, 2.05) is 5.38 Å². The molecular formula is C17H16FN3O2S. The molecule has 124 valence electrons. The van der Waals surface area contributed by atoms with Crippen LogP contribution in [0.4, 0.5) is 4.39 Å². The topological polar surface area (TPSA) is 51.4 Å². The maximum Gasteiger partial charge on any atom is 0.226 e. The number of hydrogen-bond donors (Lipinski definition) is 0. The third kappa shape index (κ3) is 3.38. The Morgan fingerprint density at radius 3 is 2.96 bits per heavy atom. The Kier molecular flexibility index (Phi) is 4.38. The van der Waals surface area contributed by atoms with Gasteiger partial charge in [0.25, 0.3) is 0 Å². The fraction of sp³-hybridized carbons (Fsp3) is 0.294. The number of benzene rings is 1. The van der Waals surface area contributed by atoms with Crippen molar-refractivity contribution in [3.05, 3.63) is 58.6 Å². The van der Waals surface area contributed by atoms with E-state index < -0.39 is 0 Å². The molecule has 0 spiro atoms. The van der Waals surface area contributed by atoms with Crippen molar-refractivity contribution in [3.63, 3.8) is 0 Å². The van der Waals surface area contributed by atoms with Gasteiger partial charge in [0.15, 0.2) is 0 Å². The fourth-order valence-electron chi connectivity index (χ4n) is 2.72. The zero-order valence-electron chi connectivity index (χ0n) is 12.9. The van der Waals surface area contributed by atoms with Gasteiger partial charge in [-0.15, -0.1) is 11.3 Å². The third-order valence-electron chi connectivity index (χ3n) is 3.91. The highest BCUT2D eigenvalue weighted by atomic mass is 32.1. The van der Waals surface area contributed by atoms with Crippen molar-refractivity contribution < 1.29 is 13.5 Å². The lowest BCUT2D eigenvalue weighted by molar-refractivity contribution is -0.0333. The minimum atomic E-state index is -0.271. The Hall–Kier alpha value is -2.09. The monoisotopic (exact) mass is 345 g/mol. The Bertz CT molecular complexity index is 789. The summed E-state index contributed by atoms with van der Waals surface area (Å²) in [5.74, 6) is 0.238. The first kappa shape index (κ1) is 15.4. The molecule has 3 aromatic rings. The molecule has 0 bridgehead atoms. The van der Waals surface area contributed by atoms with Crippen LogP contribution in [-0.2, 0) is 11.3 Å². The molecule has 7 heteroatoms. The van der Waals surface area contributed by atoms with Crippen LogP contribution in [0.3, 0.4) is 0 Å². The van der Waals surface area contributed by atoms with Gasteiger partial charge in [-0.25, -0.2) is 14.4 Å². The zero-order valence-corrected chi connectivity index (χ0v) is 13.7. The maximum absolute atomic E-state index is 13.0. The van der Waals surface area contributed by atoms with Crippen LogP contribution < -0.4 is 0 Å². The highest BCUT2D eigenvalue weighted by molar-refractivity contribution is 7.09. The Labute approximate surface area is 142 Å². The molecule has 24 heavy (non-hydrogen) atoms. The summed E-state index contributed by atoms with van der Waals surface area (Å²) in [6.45, 7) is 3.00. The molecule has 0 N–H and O–H groups in total. The number of rotatable bonds is 4. The number of morpholine rings is 1. The zero-order chi connectivity index (χ0) is 16.4. The van der Waals surface area contributed by atoms with Crippen molar-refractivity contribution in [1.29, 1.82) is 0 Å². The van der Waals surface area contributed by atoms with Gasteiger partial charge in [0, 0.05) is 36.8 Å². The quantitative estimate of drug-likeness (QED) is 0.724. The van der Waals surface area contributed by atoms with Gasteiger partial charge in [-0.3, -0.25) is 4.90 Å². The first-order valence-electron chi connectivity index (χ1n) is 7.71. The lowest BCUT2D eigenvalue weighted by Gasteiger charge is -2.31. The van der Waals surface area contributed by atoms with E-state index in [1.165, 1.54) is 12.1 Å². The molecular weight excluding hydrogens is 329 g/mol. The molecule has 1 atom stereocenters. The molecule has 5 nitrogen and oxygen atoms in total. The molecule has 1 aliphatic rings. The molecule has 1 aliphatic heterocycles. The van der Waals surface area contributed by atoms with E-state index in [0.29, 0.717) is 19.0 Å². The van der Waals surface area contributed by atoms with Gasteiger partial charge in [-0.05, 0) is 24.3 Å². The van der Waals surface area contributed by atoms with Crippen molar-refractivity contribution in [2.45, 2.75) is 12.6 Å². The van der Waals surface area contributed by atoms with Crippen molar-refractivity contribution in [1.82, 2.24) is 14.9 Å². The standard InChI is InChI=1S/C17H16FN3O2S/c18-13-3-1-12(2-4-13)16-20-14(11-23-16)9-21-6-7-22-15(10-21)17-19-5-8-24-17/h1-5,8,11,15H,6-7,9-10H2/t15-/m1/s1. The number of hydrogen-bond acceptors (Lipinski definition) is 6. The Morgan fingerprint density at radius 2 is 2.17 bits per heavy atom. The highest BCUT2D eigenvalue weighted by Crippen LogP contribution is 2.25. The molecule has 1 aromatic carbocycles. The van der Waals surface area contributed by atoms with Crippen molar-refractivity contribution in [3.8, 4) is 11.5 Å². The summed E-state index contributed by atoms with van der Waals surface area (Å²) in [6.07, 6.45) is 3.48. The van der Waals surface area contributed by atoms with E-state index in [1.54, 1.807) is 35.9 Å². The van der Waals surface area contributed by atoms with Gasteiger partial charge in [0.2, 0.25) is 5.89 Å². The number of aromatic nitrogens is 2. The summed E-state index contributed by atoms with van der Waals surface area (Å²) in [4.78, 5) is 11.1. The molecule has 3 heterocycles. The van der Waals surface area contributed by atoms with Crippen LogP contribution in [0.5, 0.6) is 0 Å². The van der Waals surface area contributed by atoms with Gasteiger partial charge in [0.05, 0.1) is 12.3 Å². The molecule has 0 saturated carbocycles. The van der Waals surface area contributed by atoms with Crippen molar-refractivity contribution >= 4 is 11.3 Å². The number of thiazole rings is 1. The second-order valence-corrected chi connectivity index (χ2v) is 6.54. The summed E-state index contributed by atoms with van der Waals surface area (Å²) >= 11 is 1.61. The van der Waals surface area contributed by atoms with Crippen LogP contribution in [0, 0.1) is 5.82 Å². The second kappa shape index (κ2) is 6.80. The van der Waals surface area contributed by atoms with E-state index in [0.717, 1.165) is 29.4 Å². The van der Waals surface area contributed by atoms with Gasteiger partial charge >= 0.3 is 0 Å². The van der Waals surface area contributed by atoms with Gasteiger partial charge in [-0.1, -0.05) is 0 Å². The molecule has 1 fully saturated rings. The van der Waals surface area contributed by atoms with Crippen LogP contribution in [-0.4, -0.2) is 34.6 Å². The van der Waals surface area contributed by atoms with Crippen LogP contribution in [0.25, 0.3) is 11.5 Å². The van der Waals surface area contributed by atoms with Crippen LogP contribution in [0.15, 0.2) is 46.5 Å². The van der Waals surface area contributed by atoms with Crippen LogP contribution >= 0.6 is 11.3 Å². The molecule has 2 aromatic heterocycles. The minimum Gasteiger partial charge on any atom is -0.444 e. The lowest BCUT2D eigenvalue weighted by atomic mass is 10.2. The van der Waals surface area contributed by atoms with Gasteiger partial charge in [0.1, 0.15) is 23.2 Å². The van der Waals surface area contributed by atoms with E-state index in [4.69, 9.17) is 9.15 Å². The third-order valence-corrected chi connectivity index (χ3v) is 4.77. The highest BCUT2D eigenvalue weighted by Gasteiger charge is 2.24. The van der Waals surface area contributed by atoms with Crippen molar-refractivity contribution in [2.75, 3.05) is 19.7 Å². The summed E-state index contributed by atoms with van der Waals surface area (Å²) in [5.41, 5.74) is 1.62. The van der Waals surface area contributed by atoms with E-state index in [9.17, 15) is 4.39 Å². The average Bonchev–Trinajstić information content (AvgIpc) is 3.28. The second-order valence-electron chi connectivity index (χ2n) is 5.62. The largest absolute Gasteiger partial charge is 0.444 e. The summed E-state index contributed by atoms with van der Waals surface area (Å²) < 4.78 is 24.3. The smallest absolute Gasteiger partial charge is 0.226 e. The normalized spacial score (nSPS) is 18.8. The van der Waals surface area contributed by atoms with Crippen molar-refractivity contribution in [2.24, 2.45) is 0 Å². The number of halogens is 1. The SMILES string of the molecule is Fc1ccc(-c2nc(CN3CCO[C@@H](c4nccs4)C3)co2)cc1. The molecule has 4 rings (SSSR count). The first-order valence-corrected chi connectivity index (χ1v) is 8.59. The Balaban J connectivity index is 1.43. The molecule has 0 amide bonds. The number of ether oxygens (including phenoxy) is 1. The molecule has 0 radical (unpaired) electrons. The number of nitrogens with zero attached hydrogens (tertiary/aromatic N) is 3. The minimum absolute atomic E-state index is 0.0159. The maximum atomic E-state index is 13.0. The van der Waals surface area contributed by atoms with E-state index in [2.05, 4.69) is 14.9 Å². The predicted octanol–water partition coefficient (Wildman–Crippen LogP) is 3.51. The average molecular weight is 345 g/mol. The molecule has 0 unspecified atom stereocenters. The lowest BCUT2D eigenvalue weighted by Crippen LogP contribution is -2.37. The van der Waals surface area contributed by atoms with E-state index >= 15 is 0 Å². The van der Waals surface area contributed by atoms with E-state index in [-0.39, 0.29) is 11.9 Å². The van der Waals surface area contributed by atoms with Crippen LogP contribution in [0.1, 0.15) is 16.8 Å². The van der Waals surface area contributed by atoms with Gasteiger partial charge in [-0.2, -0.15) is 0 Å². The summed E-state index contributed by atoms with van der Waals surface area (Å²) in [5, 5.41) is 2.97. The first-order chi connectivity index (χ1) is 11.8. The van der Waals surface area contributed by atoms with Crippen LogP contribution in [0.2, 0.25) is 0 Å². The number of oxazole rings is 1.